The van der Waals surface area contributed by atoms with Gasteiger partial charge < -0.3 is 15.1 Å². The molecule has 3 aromatic rings. The number of oxazole rings is 1. The Morgan fingerprint density at radius 2 is 2.35 bits per heavy atom. The molecule has 23 heavy (non-hydrogen) atoms. The van der Waals surface area contributed by atoms with Crippen LogP contribution in [-0.2, 0) is 19.4 Å². The van der Waals surface area contributed by atoms with Gasteiger partial charge >= 0.3 is 0 Å². The van der Waals surface area contributed by atoms with Crippen LogP contribution in [0.4, 0.5) is 5.69 Å². The molecule has 0 bridgehead atoms. The summed E-state index contributed by atoms with van der Waals surface area (Å²) in [6, 6.07) is 5.44. The summed E-state index contributed by atoms with van der Waals surface area (Å²) < 4.78 is 5.57. The Balaban J connectivity index is 1.59. The molecule has 0 saturated heterocycles. The molecule has 0 saturated carbocycles. The number of hydrogen-bond donors (Lipinski definition) is 3. The number of nitrogens with one attached hydrogen (secondary N) is 3. The number of H-pyrrole nitrogens is 1. The first-order valence-corrected chi connectivity index (χ1v) is 7.72. The minimum Gasteiger partial charge on any atom is -0.441 e. The fourth-order valence-electron chi connectivity index (χ4n) is 2.81. The van der Waals surface area contributed by atoms with Gasteiger partial charge in [0.05, 0.1) is 0 Å². The predicted octanol–water partition coefficient (Wildman–Crippen LogP) is 2.01. The average Bonchev–Trinajstić information content (AvgIpc) is 3.18. The Labute approximate surface area is 132 Å². The number of carbonyl (C=O) groups excluding carboxylic acids is 1. The standard InChI is InChI=1S/C16H17N5O2/c1-2-14-19-12-7-9(3-4-13(12)23-14)18-16(22)15-10-8-17-6-5-11(10)20-21-15/h3-4,7,17H,2,5-6,8H2,1H3,(H,18,22)(H,20,21). The van der Waals surface area contributed by atoms with E-state index in [-0.39, 0.29) is 5.91 Å². The summed E-state index contributed by atoms with van der Waals surface area (Å²) in [5, 5.41) is 13.3. The zero-order valence-electron chi connectivity index (χ0n) is 12.8. The van der Waals surface area contributed by atoms with Gasteiger partial charge in [0, 0.05) is 42.9 Å². The molecule has 7 heteroatoms. The van der Waals surface area contributed by atoms with Gasteiger partial charge in [-0.25, -0.2) is 4.98 Å². The molecule has 1 amide bonds. The summed E-state index contributed by atoms with van der Waals surface area (Å²) in [4.78, 5) is 16.9. The molecule has 0 spiro atoms. The number of fused-ring (bicyclic) bond motifs is 2. The van der Waals surface area contributed by atoms with E-state index in [9.17, 15) is 4.79 Å². The van der Waals surface area contributed by atoms with Crippen molar-refractivity contribution in [3.05, 3.63) is 41.0 Å². The zero-order chi connectivity index (χ0) is 15.8. The van der Waals surface area contributed by atoms with Crippen molar-refractivity contribution in [2.75, 3.05) is 11.9 Å². The predicted molar refractivity (Wildman–Crippen MR) is 85.3 cm³/mol. The van der Waals surface area contributed by atoms with Crippen molar-refractivity contribution >= 4 is 22.7 Å². The van der Waals surface area contributed by atoms with Gasteiger partial charge in [-0.3, -0.25) is 9.89 Å². The quantitative estimate of drug-likeness (QED) is 0.687. The van der Waals surface area contributed by atoms with Crippen molar-refractivity contribution in [1.29, 1.82) is 0 Å². The minimum absolute atomic E-state index is 0.218. The first kappa shape index (κ1) is 14.0. The number of aromatic nitrogens is 3. The Morgan fingerprint density at radius 3 is 3.22 bits per heavy atom. The molecule has 4 rings (SSSR count). The van der Waals surface area contributed by atoms with E-state index in [1.54, 1.807) is 0 Å². The fourth-order valence-corrected chi connectivity index (χ4v) is 2.81. The lowest BCUT2D eigenvalue weighted by molar-refractivity contribution is 0.102. The molecule has 1 aliphatic rings. The van der Waals surface area contributed by atoms with Crippen LogP contribution in [0.1, 0.15) is 34.6 Å². The Hall–Kier alpha value is -2.67. The van der Waals surface area contributed by atoms with Crippen molar-refractivity contribution < 1.29 is 9.21 Å². The van der Waals surface area contributed by atoms with E-state index >= 15 is 0 Å². The molecular formula is C16H17N5O2. The van der Waals surface area contributed by atoms with Crippen LogP contribution in [0.5, 0.6) is 0 Å². The second-order valence-electron chi connectivity index (χ2n) is 5.55. The van der Waals surface area contributed by atoms with Crippen LogP contribution in [0.15, 0.2) is 22.6 Å². The van der Waals surface area contributed by atoms with Crippen LogP contribution in [0.25, 0.3) is 11.1 Å². The van der Waals surface area contributed by atoms with Crippen LogP contribution < -0.4 is 10.6 Å². The van der Waals surface area contributed by atoms with Crippen LogP contribution in [0.3, 0.4) is 0 Å². The lowest BCUT2D eigenvalue weighted by Gasteiger charge is -2.12. The number of nitrogens with zero attached hydrogens (tertiary/aromatic N) is 2. The van der Waals surface area contributed by atoms with Gasteiger partial charge in [0.25, 0.3) is 5.91 Å². The van der Waals surface area contributed by atoms with Crippen LogP contribution in [0, 0.1) is 0 Å². The Kier molecular flexibility index (Phi) is 3.34. The van der Waals surface area contributed by atoms with Crippen LogP contribution in [-0.4, -0.2) is 27.6 Å². The lowest BCUT2D eigenvalue weighted by Crippen LogP contribution is -2.25. The summed E-state index contributed by atoms with van der Waals surface area (Å²) in [5.41, 5.74) is 4.57. The maximum absolute atomic E-state index is 12.5. The highest BCUT2D eigenvalue weighted by Gasteiger charge is 2.21. The van der Waals surface area contributed by atoms with E-state index in [2.05, 4.69) is 25.8 Å². The molecule has 118 valence electrons. The molecule has 0 fully saturated rings. The third-order valence-corrected chi connectivity index (χ3v) is 4.01. The number of hydrogen-bond acceptors (Lipinski definition) is 5. The highest BCUT2D eigenvalue weighted by Crippen LogP contribution is 2.22. The molecule has 0 atom stereocenters. The van der Waals surface area contributed by atoms with Gasteiger partial charge in [0.2, 0.25) is 0 Å². The van der Waals surface area contributed by atoms with Gasteiger partial charge in [-0.05, 0) is 18.2 Å². The molecule has 7 nitrogen and oxygen atoms in total. The summed E-state index contributed by atoms with van der Waals surface area (Å²) in [5.74, 6) is 0.473. The topological polar surface area (TPSA) is 95.8 Å². The van der Waals surface area contributed by atoms with Crippen molar-refractivity contribution in [2.45, 2.75) is 26.3 Å². The normalized spacial score (nSPS) is 14.0. The number of rotatable bonds is 3. The Bertz CT molecular complexity index is 880. The van der Waals surface area contributed by atoms with E-state index in [1.165, 1.54) is 0 Å². The molecule has 2 aromatic heterocycles. The maximum Gasteiger partial charge on any atom is 0.276 e. The molecule has 0 radical (unpaired) electrons. The van der Waals surface area contributed by atoms with Crippen LogP contribution in [0.2, 0.25) is 0 Å². The highest BCUT2D eigenvalue weighted by molar-refractivity contribution is 6.04. The number of aryl methyl sites for hydroxylation is 1. The second kappa shape index (κ2) is 5.51. The number of amides is 1. The summed E-state index contributed by atoms with van der Waals surface area (Å²) >= 11 is 0. The third-order valence-electron chi connectivity index (χ3n) is 4.01. The van der Waals surface area contributed by atoms with E-state index in [0.29, 0.717) is 23.8 Å². The number of benzene rings is 1. The molecule has 3 heterocycles. The molecule has 1 aliphatic heterocycles. The van der Waals surface area contributed by atoms with E-state index in [1.807, 2.05) is 25.1 Å². The molecule has 3 N–H and O–H groups in total. The number of anilines is 1. The monoisotopic (exact) mass is 311 g/mol. The van der Waals surface area contributed by atoms with E-state index < -0.39 is 0 Å². The zero-order valence-corrected chi connectivity index (χ0v) is 12.8. The maximum atomic E-state index is 12.5. The number of aromatic amines is 1. The van der Waals surface area contributed by atoms with Gasteiger partial charge in [0.1, 0.15) is 5.52 Å². The largest absolute Gasteiger partial charge is 0.441 e. The smallest absolute Gasteiger partial charge is 0.276 e. The van der Waals surface area contributed by atoms with E-state index in [4.69, 9.17) is 4.42 Å². The van der Waals surface area contributed by atoms with Crippen molar-refractivity contribution in [3.63, 3.8) is 0 Å². The molecule has 1 aromatic carbocycles. The Morgan fingerprint density at radius 1 is 1.43 bits per heavy atom. The first-order valence-electron chi connectivity index (χ1n) is 7.72. The van der Waals surface area contributed by atoms with Gasteiger partial charge in [-0.2, -0.15) is 5.10 Å². The highest BCUT2D eigenvalue weighted by atomic mass is 16.3. The summed E-state index contributed by atoms with van der Waals surface area (Å²) in [6.07, 6.45) is 1.60. The van der Waals surface area contributed by atoms with Gasteiger partial charge in [0.15, 0.2) is 17.2 Å². The molecular weight excluding hydrogens is 294 g/mol. The lowest BCUT2D eigenvalue weighted by atomic mass is 10.1. The summed E-state index contributed by atoms with van der Waals surface area (Å²) in [6.45, 7) is 3.55. The van der Waals surface area contributed by atoms with Crippen molar-refractivity contribution in [1.82, 2.24) is 20.5 Å². The second-order valence-corrected chi connectivity index (χ2v) is 5.55. The third kappa shape index (κ3) is 2.49. The van der Waals surface area contributed by atoms with Crippen molar-refractivity contribution in [3.8, 4) is 0 Å². The minimum atomic E-state index is -0.218. The molecule has 0 aliphatic carbocycles. The first-order chi connectivity index (χ1) is 11.2. The van der Waals surface area contributed by atoms with Crippen LogP contribution >= 0.6 is 0 Å². The fraction of sp³-hybridized carbons (Fsp3) is 0.312. The molecule has 0 unspecified atom stereocenters. The van der Waals surface area contributed by atoms with Crippen molar-refractivity contribution in [2.24, 2.45) is 0 Å². The summed E-state index contributed by atoms with van der Waals surface area (Å²) in [7, 11) is 0. The SMILES string of the molecule is CCc1nc2cc(NC(=O)c3n[nH]c4c3CNCC4)ccc2o1. The van der Waals surface area contributed by atoms with E-state index in [0.717, 1.165) is 41.7 Å². The average molecular weight is 311 g/mol. The van der Waals surface area contributed by atoms with Gasteiger partial charge in [-0.15, -0.1) is 0 Å². The van der Waals surface area contributed by atoms with Gasteiger partial charge in [-0.1, -0.05) is 6.92 Å². The number of carbonyl (C=O) groups is 1.